The Morgan fingerprint density at radius 3 is 2.42 bits per heavy atom. The molecular weight excluding hydrogens is 254 g/mol. The van der Waals surface area contributed by atoms with Crippen LogP contribution in [0.3, 0.4) is 0 Å². The second-order valence-electron chi connectivity index (χ2n) is 6.45. The minimum Gasteiger partial charge on any atom is -0.348 e. The van der Waals surface area contributed by atoms with Gasteiger partial charge >= 0.3 is 0 Å². The normalized spacial score (nSPS) is 19.1. The Kier molecular flexibility index (Phi) is 4.08. The number of aromatic nitrogens is 1. The highest BCUT2D eigenvalue weighted by atomic mass is 32.1. The molecule has 0 aliphatic heterocycles. The van der Waals surface area contributed by atoms with E-state index in [-0.39, 0.29) is 0 Å². The molecule has 0 unspecified atom stereocenters. The number of rotatable bonds is 8. The van der Waals surface area contributed by atoms with E-state index in [1.165, 1.54) is 49.6 Å². The molecule has 1 aromatic heterocycles. The number of nitrogens with zero attached hydrogens (tertiary/aromatic N) is 2. The van der Waals surface area contributed by atoms with Crippen LogP contribution in [0.25, 0.3) is 0 Å². The van der Waals surface area contributed by atoms with Crippen LogP contribution in [0, 0.1) is 11.8 Å². The number of hydrogen-bond donors (Lipinski definition) is 1. The monoisotopic (exact) mass is 279 g/mol. The van der Waals surface area contributed by atoms with Crippen LogP contribution in [-0.2, 0) is 6.54 Å². The summed E-state index contributed by atoms with van der Waals surface area (Å²) in [6.07, 6.45) is 5.70. The van der Waals surface area contributed by atoms with Crippen molar-refractivity contribution >= 4 is 16.5 Å². The smallest absolute Gasteiger partial charge is 0.185 e. The Hall–Kier alpha value is -0.610. The van der Waals surface area contributed by atoms with Crippen LogP contribution in [-0.4, -0.2) is 24.1 Å². The largest absolute Gasteiger partial charge is 0.348 e. The molecule has 1 N–H and O–H groups in total. The molecule has 0 atom stereocenters. The molecule has 0 aromatic carbocycles. The summed E-state index contributed by atoms with van der Waals surface area (Å²) in [5.41, 5.74) is 1.20. The first-order valence-corrected chi connectivity index (χ1v) is 8.51. The van der Waals surface area contributed by atoms with E-state index >= 15 is 0 Å². The standard InChI is InChI=1S/C15H25N3S/c1-11(2)16-7-14-10-19-15(17-14)18(8-12-3-4-12)9-13-5-6-13/h10-13,16H,3-9H2,1-2H3. The minimum atomic E-state index is 0.527. The van der Waals surface area contributed by atoms with Gasteiger partial charge in [-0.25, -0.2) is 4.98 Å². The molecule has 2 fully saturated rings. The van der Waals surface area contributed by atoms with E-state index in [0.717, 1.165) is 18.4 Å². The zero-order valence-electron chi connectivity index (χ0n) is 12.1. The van der Waals surface area contributed by atoms with Gasteiger partial charge in [-0.2, -0.15) is 0 Å². The summed E-state index contributed by atoms with van der Waals surface area (Å²) in [4.78, 5) is 7.38. The highest BCUT2D eigenvalue weighted by Gasteiger charge is 2.30. The molecule has 1 aromatic rings. The molecule has 0 spiro atoms. The van der Waals surface area contributed by atoms with Crippen molar-refractivity contribution < 1.29 is 0 Å². The van der Waals surface area contributed by atoms with Crippen molar-refractivity contribution in [3.8, 4) is 0 Å². The maximum absolute atomic E-state index is 4.83. The van der Waals surface area contributed by atoms with Gasteiger partial charge in [-0.05, 0) is 37.5 Å². The van der Waals surface area contributed by atoms with E-state index < -0.39 is 0 Å². The summed E-state index contributed by atoms with van der Waals surface area (Å²) >= 11 is 1.82. The maximum atomic E-state index is 4.83. The van der Waals surface area contributed by atoms with Crippen molar-refractivity contribution in [3.63, 3.8) is 0 Å². The van der Waals surface area contributed by atoms with E-state index in [1.54, 1.807) is 0 Å². The van der Waals surface area contributed by atoms with Crippen molar-refractivity contribution in [1.82, 2.24) is 10.3 Å². The summed E-state index contributed by atoms with van der Waals surface area (Å²) in [7, 11) is 0. The Morgan fingerprint density at radius 2 is 1.89 bits per heavy atom. The van der Waals surface area contributed by atoms with Gasteiger partial charge in [-0.3, -0.25) is 0 Å². The number of hydrogen-bond acceptors (Lipinski definition) is 4. The third-order valence-electron chi connectivity index (χ3n) is 3.85. The average molecular weight is 279 g/mol. The molecule has 0 amide bonds. The fourth-order valence-electron chi connectivity index (χ4n) is 2.29. The lowest BCUT2D eigenvalue weighted by Gasteiger charge is -2.21. The minimum absolute atomic E-state index is 0.527. The van der Waals surface area contributed by atoms with E-state index in [2.05, 4.69) is 29.4 Å². The second kappa shape index (κ2) is 5.80. The van der Waals surface area contributed by atoms with Gasteiger partial charge < -0.3 is 10.2 Å². The first kappa shape index (κ1) is 13.4. The molecule has 0 bridgehead atoms. The second-order valence-corrected chi connectivity index (χ2v) is 7.29. The molecule has 2 aliphatic rings. The number of nitrogens with one attached hydrogen (secondary N) is 1. The van der Waals surface area contributed by atoms with Crippen LogP contribution in [0.5, 0.6) is 0 Å². The Morgan fingerprint density at radius 1 is 1.26 bits per heavy atom. The predicted octanol–water partition coefficient (Wildman–Crippen LogP) is 3.27. The molecule has 1 heterocycles. The van der Waals surface area contributed by atoms with Crippen molar-refractivity contribution in [2.45, 2.75) is 52.1 Å². The van der Waals surface area contributed by atoms with Crippen LogP contribution in [0.15, 0.2) is 5.38 Å². The lowest BCUT2D eigenvalue weighted by atomic mass is 10.3. The van der Waals surface area contributed by atoms with Crippen LogP contribution < -0.4 is 10.2 Å². The molecule has 3 rings (SSSR count). The Balaban J connectivity index is 1.59. The number of anilines is 1. The summed E-state index contributed by atoms with van der Waals surface area (Å²) < 4.78 is 0. The summed E-state index contributed by atoms with van der Waals surface area (Å²) in [6, 6.07) is 0.527. The molecule has 19 heavy (non-hydrogen) atoms. The molecule has 0 radical (unpaired) electrons. The van der Waals surface area contributed by atoms with E-state index in [4.69, 9.17) is 4.98 Å². The lowest BCUT2D eigenvalue weighted by Crippen LogP contribution is -2.28. The van der Waals surface area contributed by atoms with Gasteiger partial charge in [-0.1, -0.05) is 13.8 Å². The fraction of sp³-hybridized carbons (Fsp3) is 0.800. The third-order valence-corrected chi connectivity index (χ3v) is 4.80. The SMILES string of the molecule is CC(C)NCc1csc(N(CC2CC2)CC2CC2)n1. The van der Waals surface area contributed by atoms with Crippen molar-refractivity contribution in [1.29, 1.82) is 0 Å². The third kappa shape index (κ3) is 4.18. The van der Waals surface area contributed by atoms with Crippen molar-refractivity contribution in [2.75, 3.05) is 18.0 Å². The highest BCUT2D eigenvalue weighted by Crippen LogP contribution is 2.36. The zero-order valence-corrected chi connectivity index (χ0v) is 12.9. The van der Waals surface area contributed by atoms with Crippen molar-refractivity contribution in [3.05, 3.63) is 11.1 Å². The van der Waals surface area contributed by atoms with Gasteiger partial charge in [0.1, 0.15) is 0 Å². The molecule has 3 nitrogen and oxygen atoms in total. The fourth-order valence-corrected chi connectivity index (χ4v) is 3.13. The molecule has 0 saturated heterocycles. The van der Waals surface area contributed by atoms with Gasteiger partial charge in [0.2, 0.25) is 0 Å². The number of thiazole rings is 1. The highest BCUT2D eigenvalue weighted by molar-refractivity contribution is 7.13. The first-order chi connectivity index (χ1) is 9.20. The molecule has 106 valence electrons. The Labute approximate surface area is 120 Å². The molecule has 2 saturated carbocycles. The van der Waals surface area contributed by atoms with Crippen LogP contribution in [0.4, 0.5) is 5.13 Å². The molecule has 2 aliphatic carbocycles. The van der Waals surface area contributed by atoms with Crippen LogP contribution in [0.1, 0.15) is 45.2 Å². The Bertz CT molecular complexity index is 393. The summed E-state index contributed by atoms with van der Waals surface area (Å²) in [5.74, 6) is 1.89. The van der Waals surface area contributed by atoms with E-state index in [9.17, 15) is 0 Å². The summed E-state index contributed by atoms with van der Waals surface area (Å²) in [5, 5.41) is 6.92. The van der Waals surface area contributed by atoms with Gasteiger partial charge in [0.05, 0.1) is 5.69 Å². The topological polar surface area (TPSA) is 28.2 Å². The lowest BCUT2D eigenvalue weighted by molar-refractivity contribution is 0.582. The summed E-state index contributed by atoms with van der Waals surface area (Å²) in [6.45, 7) is 7.73. The predicted molar refractivity (Wildman–Crippen MR) is 81.8 cm³/mol. The van der Waals surface area contributed by atoms with E-state index in [0.29, 0.717) is 6.04 Å². The molecular formula is C15H25N3S. The van der Waals surface area contributed by atoms with E-state index in [1.807, 2.05) is 11.3 Å². The maximum Gasteiger partial charge on any atom is 0.185 e. The molecule has 4 heteroatoms. The quantitative estimate of drug-likeness (QED) is 0.791. The van der Waals surface area contributed by atoms with Gasteiger partial charge in [-0.15, -0.1) is 11.3 Å². The van der Waals surface area contributed by atoms with Crippen LogP contribution in [0.2, 0.25) is 0 Å². The van der Waals surface area contributed by atoms with Gasteiger partial charge in [0, 0.05) is 31.1 Å². The van der Waals surface area contributed by atoms with Gasteiger partial charge in [0.25, 0.3) is 0 Å². The zero-order chi connectivity index (χ0) is 13.2. The van der Waals surface area contributed by atoms with Gasteiger partial charge in [0.15, 0.2) is 5.13 Å². The van der Waals surface area contributed by atoms with Crippen LogP contribution >= 0.6 is 11.3 Å². The average Bonchev–Trinajstić information content (AvgIpc) is 3.29. The van der Waals surface area contributed by atoms with Crippen molar-refractivity contribution in [2.24, 2.45) is 11.8 Å². The first-order valence-electron chi connectivity index (χ1n) is 7.63.